The minimum atomic E-state index is -0.586. The fraction of sp³-hybridized carbons (Fsp3) is 0.122. The fourth-order valence-electron chi connectivity index (χ4n) is 4.35. The number of ether oxygens (including phenoxy) is 2. The number of carbonyl (C=O) groups is 4. The molecule has 0 radical (unpaired) electrons. The summed E-state index contributed by atoms with van der Waals surface area (Å²) in [5, 5.41) is 0. The minimum Gasteiger partial charge on any atom is -0.496 e. The Bertz CT molecular complexity index is 1700. The molecular formula is C41H38O6. The summed E-state index contributed by atoms with van der Waals surface area (Å²) in [6.07, 6.45) is 3.83. The van der Waals surface area contributed by atoms with E-state index in [-0.39, 0.29) is 18.0 Å². The topological polar surface area (TPSA) is 86.7 Å². The number of carbonyl (C=O) groups excluding carboxylic acids is 4. The lowest BCUT2D eigenvalue weighted by Crippen LogP contribution is -2.21. The minimum absolute atomic E-state index is 0.0700. The van der Waals surface area contributed by atoms with Gasteiger partial charge in [0.1, 0.15) is 17.6 Å². The van der Waals surface area contributed by atoms with Gasteiger partial charge in [0.25, 0.3) is 0 Å². The Morgan fingerprint density at radius 3 is 1.66 bits per heavy atom. The predicted molar refractivity (Wildman–Crippen MR) is 186 cm³/mol. The van der Waals surface area contributed by atoms with Crippen LogP contribution in [0.15, 0.2) is 151 Å². The second kappa shape index (κ2) is 20.2. The molecule has 0 amide bonds. The third-order valence-corrected chi connectivity index (χ3v) is 6.96. The second-order valence-corrected chi connectivity index (χ2v) is 10.2. The molecule has 6 heteroatoms. The van der Waals surface area contributed by atoms with E-state index >= 15 is 0 Å². The van der Waals surface area contributed by atoms with Gasteiger partial charge in [-0.05, 0) is 34.9 Å². The highest BCUT2D eigenvalue weighted by atomic mass is 16.5. The molecule has 5 aromatic rings. The summed E-state index contributed by atoms with van der Waals surface area (Å²) in [4.78, 5) is 46.3. The standard InChI is InChI=1S/C26H24O3.C8H8O2.C7H6O/c1-20(23-15-9-4-10-16-23)25(27)24(19-22-13-7-3-8-14-22)26(28)29-18-17-21-11-5-2-6-12-21;1-10-8-5-3-2-4-7(8)6-9;8-6-7-4-2-1-3-5-7/h2-16,19-20H,17-18H2,1H3;2-6H,1H3;1-6H. The molecule has 0 heterocycles. The van der Waals surface area contributed by atoms with Crippen LogP contribution >= 0.6 is 0 Å². The van der Waals surface area contributed by atoms with Crippen molar-refractivity contribution in [2.45, 2.75) is 19.3 Å². The summed E-state index contributed by atoms with van der Waals surface area (Å²) >= 11 is 0. The lowest BCUT2D eigenvalue weighted by molar-refractivity contribution is -0.140. The summed E-state index contributed by atoms with van der Waals surface area (Å²) in [6, 6.07) is 44.8. The first-order valence-electron chi connectivity index (χ1n) is 15.1. The van der Waals surface area contributed by atoms with Gasteiger partial charge < -0.3 is 9.47 Å². The van der Waals surface area contributed by atoms with Crippen LogP contribution in [0, 0.1) is 0 Å². The van der Waals surface area contributed by atoms with E-state index in [1.807, 2.05) is 122 Å². The van der Waals surface area contributed by atoms with Crippen LogP contribution in [0.25, 0.3) is 6.08 Å². The zero-order valence-electron chi connectivity index (χ0n) is 26.5. The predicted octanol–water partition coefficient (Wildman–Crippen LogP) is 8.24. The summed E-state index contributed by atoms with van der Waals surface area (Å²) < 4.78 is 10.4. The lowest BCUT2D eigenvalue weighted by atomic mass is 9.91. The number of esters is 1. The summed E-state index contributed by atoms with van der Waals surface area (Å²) in [7, 11) is 1.54. The average Bonchev–Trinajstić information content (AvgIpc) is 3.15. The third-order valence-electron chi connectivity index (χ3n) is 6.96. The largest absolute Gasteiger partial charge is 0.496 e. The van der Waals surface area contributed by atoms with Gasteiger partial charge in [-0.1, -0.05) is 140 Å². The molecule has 0 fully saturated rings. The van der Waals surface area contributed by atoms with E-state index in [2.05, 4.69) is 0 Å². The molecule has 0 aliphatic heterocycles. The maximum atomic E-state index is 13.2. The molecule has 0 N–H and O–H groups in total. The first-order chi connectivity index (χ1) is 23.0. The number of para-hydroxylation sites is 1. The van der Waals surface area contributed by atoms with Crippen molar-refractivity contribution in [3.63, 3.8) is 0 Å². The molecule has 0 saturated carbocycles. The first kappa shape index (κ1) is 35.6. The van der Waals surface area contributed by atoms with Crippen LogP contribution < -0.4 is 4.74 Å². The van der Waals surface area contributed by atoms with E-state index in [1.54, 1.807) is 43.5 Å². The molecule has 0 aliphatic rings. The molecular weight excluding hydrogens is 588 g/mol. The van der Waals surface area contributed by atoms with Crippen molar-refractivity contribution in [2.24, 2.45) is 0 Å². The number of rotatable bonds is 11. The molecule has 1 unspecified atom stereocenters. The van der Waals surface area contributed by atoms with Gasteiger partial charge in [-0.2, -0.15) is 0 Å². The van der Waals surface area contributed by atoms with E-state index in [4.69, 9.17) is 9.47 Å². The van der Waals surface area contributed by atoms with Crippen molar-refractivity contribution in [1.82, 2.24) is 0 Å². The second-order valence-electron chi connectivity index (χ2n) is 10.2. The van der Waals surface area contributed by atoms with Crippen LogP contribution in [0.4, 0.5) is 0 Å². The number of Topliss-reactive ketones (excluding diaryl/α,β-unsaturated/α-hetero) is 1. The molecule has 0 aliphatic carbocycles. The quantitative estimate of drug-likeness (QED) is 0.0483. The van der Waals surface area contributed by atoms with Gasteiger partial charge in [0.2, 0.25) is 0 Å². The summed E-state index contributed by atoms with van der Waals surface area (Å²) in [5.74, 6) is -0.646. The summed E-state index contributed by atoms with van der Waals surface area (Å²) in [6.45, 7) is 2.04. The van der Waals surface area contributed by atoms with Gasteiger partial charge in [0.05, 0.1) is 19.3 Å². The molecule has 1 atom stereocenters. The maximum absolute atomic E-state index is 13.2. The van der Waals surface area contributed by atoms with Gasteiger partial charge in [-0.15, -0.1) is 0 Å². The van der Waals surface area contributed by atoms with Crippen molar-refractivity contribution >= 4 is 30.4 Å². The molecule has 5 aromatic carbocycles. The maximum Gasteiger partial charge on any atom is 0.341 e. The van der Waals surface area contributed by atoms with E-state index in [0.29, 0.717) is 17.7 Å². The highest BCUT2D eigenvalue weighted by Crippen LogP contribution is 2.22. The van der Waals surface area contributed by atoms with Crippen molar-refractivity contribution in [3.8, 4) is 5.75 Å². The molecule has 5 rings (SSSR count). The summed E-state index contributed by atoms with van der Waals surface area (Å²) in [5.41, 5.74) is 4.13. The zero-order valence-corrected chi connectivity index (χ0v) is 26.5. The van der Waals surface area contributed by atoms with Gasteiger partial charge in [-0.3, -0.25) is 14.4 Å². The van der Waals surface area contributed by atoms with E-state index in [1.165, 1.54) is 0 Å². The number of aldehydes is 2. The number of hydrogen-bond donors (Lipinski definition) is 0. The van der Waals surface area contributed by atoms with Crippen LogP contribution in [0.2, 0.25) is 0 Å². The highest BCUT2D eigenvalue weighted by molar-refractivity contribution is 6.22. The zero-order chi connectivity index (χ0) is 33.7. The van der Waals surface area contributed by atoms with E-state index < -0.39 is 11.9 Å². The monoisotopic (exact) mass is 626 g/mol. The van der Waals surface area contributed by atoms with Crippen LogP contribution in [0.3, 0.4) is 0 Å². The van der Waals surface area contributed by atoms with E-state index in [9.17, 15) is 19.2 Å². The molecule has 0 saturated heterocycles. The first-order valence-corrected chi connectivity index (χ1v) is 15.1. The Kier molecular flexibility index (Phi) is 15.3. The van der Waals surface area contributed by atoms with Crippen molar-refractivity contribution in [3.05, 3.63) is 179 Å². The molecule has 0 spiro atoms. The number of hydrogen-bond acceptors (Lipinski definition) is 6. The highest BCUT2D eigenvalue weighted by Gasteiger charge is 2.26. The Morgan fingerprint density at radius 2 is 1.15 bits per heavy atom. The van der Waals surface area contributed by atoms with Crippen LogP contribution in [-0.4, -0.2) is 38.0 Å². The van der Waals surface area contributed by atoms with Crippen molar-refractivity contribution < 1.29 is 28.7 Å². The van der Waals surface area contributed by atoms with Crippen LogP contribution in [-0.2, 0) is 20.7 Å². The van der Waals surface area contributed by atoms with Gasteiger partial charge >= 0.3 is 5.97 Å². The number of methoxy groups -OCH3 is 1. The normalized spacial score (nSPS) is 10.9. The molecule has 47 heavy (non-hydrogen) atoms. The molecule has 238 valence electrons. The van der Waals surface area contributed by atoms with Crippen molar-refractivity contribution in [2.75, 3.05) is 13.7 Å². The number of ketones is 1. The lowest BCUT2D eigenvalue weighted by Gasteiger charge is -2.14. The van der Waals surface area contributed by atoms with Crippen LogP contribution in [0.1, 0.15) is 50.2 Å². The third kappa shape index (κ3) is 12.2. The fourth-order valence-corrected chi connectivity index (χ4v) is 4.35. The Labute approximate surface area is 276 Å². The Balaban J connectivity index is 0.000000269. The van der Waals surface area contributed by atoms with Gasteiger partial charge in [-0.25, -0.2) is 4.79 Å². The Hall–Kier alpha value is -5.88. The van der Waals surface area contributed by atoms with Crippen molar-refractivity contribution in [1.29, 1.82) is 0 Å². The smallest absolute Gasteiger partial charge is 0.341 e. The van der Waals surface area contributed by atoms with E-state index in [0.717, 1.165) is 34.8 Å². The molecule has 0 aromatic heterocycles. The van der Waals surface area contributed by atoms with Gasteiger partial charge in [0, 0.05) is 17.9 Å². The average molecular weight is 627 g/mol. The van der Waals surface area contributed by atoms with Crippen LogP contribution in [0.5, 0.6) is 5.75 Å². The Morgan fingerprint density at radius 1 is 0.638 bits per heavy atom. The number of benzene rings is 5. The SMILES string of the molecule is CC(C(=O)C(=Cc1ccccc1)C(=O)OCCc1ccccc1)c1ccccc1.COc1ccccc1C=O.O=Cc1ccccc1. The molecule has 0 bridgehead atoms. The van der Waals surface area contributed by atoms with Gasteiger partial charge in [0.15, 0.2) is 12.1 Å². The molecule has 6 nitrogen and oxygen atoms in total.